The first-order valence-corrected chi connectivity index (χ1v) is 10.4. The van der Waals surface area contributed by atoms with Crippen LogP contribution in [0.2, 0.25) is 0 Å². The maximum absolute atomic E-state index is 13.0. The van der Waals surface area contributed by atoms with Crippen molar-refractivity contribution in [3.05, 3.63) is 68.8 Å². The minimum absolute atomic E-state index is 0.211. The lowest BCUT2D eigenvalue weighted by Crippen LogP contribution is -2.42. The zero-order valence-corrected chi connectivity index (χ0v) is 18.5. The molecule has 2 aromatic carbocycles. The predicted molar refractivity (Wildman–Crippen MR) is 114 cm³/mol. The van der Waals surface area contributed by atoms with Gasteiger partial charge in [0.25, 0.3) is 11.1 Å². The predicted octanol–water partition coefficient (Wildman–Crippen LogP) is 4.77. The van der Waals surface area contributed by atoms with E-state index in [1.807, 2.05) is 0 Å². The standard InChI is InChI=1S/C21H17BrFNO5S/c1-12(20(26)28-2)24-19(25)18(30-21(24)27)10-14-5-8-17(16(22)9-14)29-11-13-3-6-15(23)7-4-13/h3-10,12H,11H2,1-2H3/b18-10+/t12-/m1/s1. The quantitative estimate of drug-likeness (QED) is 0.426. The molecule has 1 heterocycles. The van der Waals surface area contributed by atoms with Gasteiger partial charge in [-0.25, -0.2) is 9.18 Å². The molecule has 6 nitrogen and oxygen atoms in total. The lowest BCUT2D eigenvalue weighted by Gasteiger charge is -2.18. The second-order valence-corrected chi connectivity index (χ2v) is 8.20. The Morgan fingerprint density at radius 3 is 2.57 bits per heavy atom. The molecule has 156 valence electrons. The molecule has 2 amide bonds. The lowest BCUT2D eigenvalue weighted by atomic mass is 10.2. The number of carbonyl (C=O) groups is 3. The Bertz CT molecular complexity index is 1020. The van der Waals surface area contributed by atoms with Gasteiger partial charge in [-0.3, -0.25) is 14.5 Å². The van der Waals surface area contributed by atoms with Crippen molar-refractivity contribution in [3.63, 3.8) is 0 Å². The summed E-state index contributed by atoms with van der Waals surface area (Å²) in [6, 6.07) is 10.2. The van der Waals surface area contributed by atoms with E-state index in [9.17, 15) is 18.8 Å². The van der Waals surface area contributed by atoms with E-state index >= 15 is 0 Å². The van der Waals surface area contributed by atoms with Gasteiger partial charge in [-0.1, -0.05) is 18.2 Å². The van der Waals surface area contributed by atoms with Crippen LogP contribution in [0.4, 0.5) is 9.18 Å². The molecule has 9 heteroatoms. The molecule has 1 saturated heterocycles. The van der Waals surface area contributed by atoms with Crippen LogP contribution >= 0.6 is 27.7 Å². The highest BCUT2D eigenvalue weighted by molar-refractivity contribution is 9.10. The van der Waals surface area contributed by atoms with E-state index < -0.39 is 23.2 Å². The lowest BCUT2D eigenvalue weighted by molar-refractivity contribution is -0.148. The molecule has 1 aliphatic rings. The molecule has 0 bridgehead atoms. The molecule has 1 fully saturated rings. The monoisotopic (exact) mass is 493 g/mol. The third-order valence-electron chi connectivity index (χ3n) is 4.31. The van der Waals surface area contributed by atoms with Crippen molar-refractivity contribution >= 4 is 50.9 Å². The fourth-order valence-corrected chi connectivity index (χ4v) is 4.13. The van der Waals surface area contributed by atoms with Gasteiger partial charge in [0.15, 0.2) is 0 Å². The Balaban J connectivity index is 1.72. The highest BCUT2D eigenvalue weighted by Crippen LogP contribution is 2.35. The number of nitrogens with zero attached hydrogens (tertiary/aromatic N) is 1. The van der Waals surface area contributed by atoms with Crippen LogP contribution in [0, 0.1) is 5.82 Å². The Kier molecular flexibility index (Phi) is 6.94. The number of rotatable bonds is 6. The van der Waals surface area contributed by atoms with Crippen LogP contribution in [-0.4, -0.2) is 35.2 Å². The van der Waals surface area contributed by atoms with Gasteiger partial charge in [0.05, 0.1) is 16.5 Å². The van der Waals surface area contributed by atoms with Crippen LogP contribution in [0.5, 0.6) is 5.75 Å². The first kappa shape index (κ1) is 22.0. The van der Waals surface area contributed by atoms with Gasteiger partial charge in [-0.05, 0) is 76.1 Å². The topological polar surface area (TPSA) is 72.9 Å². The summed E-state index contributed by atoms with van der Waals surface area (Å²) in [4.78, 5) is 37.5. The number of methoxy groups -OCH3 is 1. The number of benzene rings is 2. The summed E-state index contributed by atoms with van der Waals surface area (Å²) in [6.07, 6.45) is 1.57. The fourth-order valence-electron chi connectivity index (χ4n) is 2.71. The number of hydrogen-bond acceptors (Lipinski definition) is 6. The molecule has 1 atom stereocenters. The molecular weight excluding hydrogens is 477 g/mol. The van der Waals surface area contributed by atoms with Crippen molar-refractivity contribution in [2.75, 3.05) is 7.11 Å². The van der Waals surface area contributed by atoms with E-state index in [0.717, 1.165) is 22.2 Å². The van der Waals surface area contributed by atoms with Crippen LogP contribution in [-0.2, 0) is 20.9 Å². The van der Waals surface area contributed by atoms with Crippen molar-refractivity contribution in [2.24, 2.45) is 0 Å². The van der Waals surface area contributed by atoms with Gasteiger partial charge in [0, 0.05) is 0 Å². The zero-order valence-electron chi connectivity index (χ0n) is 16.1. The van der Waals surface area contributed by atoms with Gasteiger partial charge < -0.3 is 9.47 Å². The molecule has 0 aliphatic carbocycles. The Morgan fingerprint density at radius 2 is 1.93 bits per heavy atom. The molecule has 0 N–H and O–H groups in total. The second kappa shape index (κ2) is 9.44. The summed E-state index contributed by atoms with van der Waals surface area (Å²) < 4.78 is 24.0. The number of imide groups is 1. The van der Waals surface area contributed by atoms with Crippen molar-refractivity contribution in [3.8, 4) is 5.75 Å². The summed E-state index contributed by atoms with van der Waals surface area (Å²) in [5.74, 6) is -0.946. The Morgan fingerprint density at radius 1 is 1.23 bits per heavy atom. The normalized spacial score (nSPS) is 16.1. The highest BCUT2D eigenvalue weighted by Gasteiger charge is 2.41. The van der Waals surface area contributed by atoms with Crippen LogP contribution < -0.4 is 4.74 Å². The number of thioether (sulfide) groups is 1. The smallest absolute Gasteiger partial charge is 0.328 e. The number of ether oxygens (including phenoxy) is 2. The van der Waals surface area contributed by atoms with E-state index in [2.05, 4.69) is 20.7 Å². The van der Waals surface area contributed by atoms with E-state index in [4.69, 9.17) is 4.74 Å². The van der Waals surface area contributed by atoms with E-state index in [1.165, 1.54) is 26.2 Å². The molecule has 0 saturated carbocycles. The maximum atomic E-state index is 13.0. The van der Waals surface area contributed by atoms with Crippen molar-refractivity contribution in [1.82, 2.24) is 4.90 Å². The Hall–Kier alpha value is -2.65. The molecule has 3 rings (SSSR count). The number of halogens is 2. The molecule has 30 heavy (non-hydrogen) atoms. The van der Waals surface area contributed by atoms with Gasteiger partial charge >= 0.3 is 5.97 Å². The third kappa shape index (κ3) is 4.91. The van der Waals surface area contributed by atoms with Gasteiger partial charge in [-0.15, -0.1) is 0 Å². The van der Waals surface area contributed by atoms with Gasteiger partial charge in [-0.2, -0.15) is 0 Å². The number of carbonyl (C=O) groups excluding carboxylic acids is 3. The Labute approximate surface area is 185 Å². The average molecular weight is 494 g/mol. The maximum Gasteiger partial charge on any atom is 0.328 e. The first-order chi connectivity index (χ1) is 14.3. The summed E-state index contributed by atoms with van der Waals surface area (Å²) in [5.41, 5.74) is 1.49. The van der Waals surface area contributed by atoms with Gasteiger partial charge in [0.2, 0.25) is 0 Å². The zero-order chi connectivity index (χ0) is 21.8. The highest BCUT2D eigenvalue weighted by atomic mass is 79.9. The van der Waals surface area contributed by atoms with Crippen molar-refractivity contribution < 1.29 is 28.2 Å². The van der Waals surface area contributed by atoms with E-state index in [0.29, 0.717) is 15.8 Å². The third-order valence-corrected chi connectivity index (χ3v) is 5.82. The number of amides is 2. The van der Waals surface area contributed by atoms with Gasteiger partial charge in [0.1, 0.15) is 24.2 Å². The molecular formula is C21H17BrFNO5S. The average Bonchev–Trinajstić information content (AvgIpc) is 3.00. The molecule has 2 aromatic rings. The summed E-state index contributed by atoms with van der Waals surface area (Å²) in [7, 11) is 1.20. The van der Waals surface area contributed by atoms with E-state index in [-0.39, 0.29) is 17.3 Å². The van der Waals surface area contributed by atoms with Crippen LogP contribution in [0.15, 0.2) is 51.8 Å². The molecule has 0 aromatic heterocycles. The fraction of sp³-hybridized carbons (Fsp3) is 0.190. The van der Waals surface area contributed by atoms with Crippen molar-refractivity contribution in [2.45, 2.75) is 19.6 Å². The molecule has 1 aliphatic heterocycles. The SMILES string of the molecule is COC(=O)[C@@H](C)N1C(=O)S/C(=C/c2ccc(OCc3ccc(F)cc3)c(Br)c2)C1=O. The number of hydrogen-bond donors (Lipinski definition) is 0. The minimum Gasteiger partial charge on any atom is -0.488 e. The van der Waals surface area contributed by atoms with Crippen LogP contribution in [0.25, 0.3) is 6.08 Å². The first-order valence-electron chi connectivity index (χ1n) is 8.82. The number of esters is 1. The largest absolute Gasteiger partial charge is 0.488 e. The summed E-state index contributed by atoms with van der Waals surface area (Å²) >= 11 is 4.19. The molecule has 0 spiro atoms. The van der Waals surface area contributed by atoms with Crippen LogP contribution in [0.3, 0.4) is 0 Å². The van der Waals surface area contributed by atoms with E-state index in [1.54, 1.807) is 36.4 Å². The summed E-state index contributed by atoms with van der Waals surface area (Å²) in [6.45, 7) is 1.71. The summed E-state index contributed by atoms with van der Waals surface area (Å²) in [5, 5.41) is -0.525. The molecule has 0 radical (unpaired) electrons. The second-order valence-electron chi connectivity index (χ2n) is 6.36. The van der Waals surface area contributed by atoms with Crippen LogP contribution in [0.1, 0.15) is 18.1 Å². The minimum atomic E-state index is -0.998. The molecule has 0 unspecified atom stereocenters. The van der Waals surface area contributed by atoms with Crippen molar-refractivity contribution in [1.29, 1.82) is 0 Å².